The van der Waals surface area contributed by atoms with Gasteiger partial charge >= 0.3 is 5.97 Å². The Labute approximate surface area is 209 Å². The van der Waals surface area contributed by atoms with Gasteiger partial charge in [-0.05, 0) is 61.7 Å². The number of carbonyl (C=O) groups is 1. The van der Waals surface area contributed by atoms with Crippen molar-refractivity contribution >= 4 is 16.9 Å². The number of esters is 1. The average Bonchev–Trinajstić information content (AvgIpc) is 3.10. The number of aryl methyl sites for hydroxylation is 3. The van der Waals surface area contributed by atoms with Crippen LogP contribution in [0, 0.1) is 13.8 Å². The molecule has 0 amide bonds. The Hall–Kier alpha value is -4.06. The molecule has 0 fully saturated rings. The Morgan fingerprint density at radius 2 is 1.69 bits per heavy atom. The molecule has 2 heterocycles. The van der Waals surface area contributed by atoms with Crippen LogP contribution in [-0.2, 0) is 6.42 Å². The summed E-state index contributed by atoms with van der Waals surface area (Å²) in [6.07, 6.45) is 2.28. The van der Waals surface area contributed by atoms with Gasteiger partial charge in [0, 0.05) is 12.5 Å². The molecule has 0 bridgehead atoms. The zero-order valence-electron chi connectivity index (χ0n) is 20.7. The van der Waals surface area contributed by atoms with Gasteiger partial charge in [0.1, 0.15) is 17.1 Å². The summed E-state index contributed by atoms with van der Waals surface area (Å²) in [6, 6.07) is 16.2. The summed E-state index contributed by atoms with van der Waals surface area (Å²) >= 11 is 0. The summed E-state index contributed by atoms with van der Waals surface area (Å²) in [5.74, 6) is 1.72. The van der Waals surface area contributed by atoms with Crippen molar-refractivity contribution in [2.24, 2.45) is 0 Å². The smallest absolute Gasteiger partial charge is 0.343 e. The van der Waals surface area contributed by atoms with Crippen molar-refractivity contribution in [1.29, 1.82) is 0 Å². The number of rotatable bonds is 5. The lowest BCUT2D eigenvalue weighted by Crippen LogP contribution is -2.12. The van der Waals surface area contributed by atoms with Gasteiger partial charge in [0.25, 0.3) is 0 Å². The standard InChI is InChI=1S/C30H28O6/c1-4-6-21-15-23-26(17-25(21)36-30(32)20-9-7-18(2)8-10-20)35-19(3)28(29(23)31)22-11-12-24-27(16-22)34-14-5-13-33-24/h7-12,15-17H,4-6,13-14H2,1-3H3. The predicted octanol–water partition coefficient (Wildman–Crippen LogP) is 6.41. The molecule has 6 nitrogen and oxygen atoms in total. The van der Waals surface area contributed by atoms with Crippen LogP contribution in [0.1, 0.15) is 47.0 Å². The Kier molecular flexibility index (Phi) is 6.51. The van der Waals surface area contributed by atoms with E-state index in [4.69, 9.17) is 18.6 Å². The van der Waals surface area contributed by atoms with E-state index in [2.05, 4.69) is 0 Å². The fourth-order valence-electron chi connectivity index (χ4n) is 4.44. The van der Waals surface area contributed by atoms with Gasteiger partial charge in [-0.2, -0.15) is 0 Å². The topological polar surface area (TPSA) is 75.0 Å². The normalized spacial score (nSPS) is 12.9. The second-order valence-corrected chi connectivity index (χ2v) is 9.04. The number of carbonyl (C=O) groups excluding carboxylic acids is 1. The molecule has 1 aliphatic heterocycles. The molecule has 0 spiro atoms. The maximum absolute atomic E-state index is 13.7. The van der Waals surface area contributed by atoms with Crippen LogP contribution in [0.3, 0.4) is 0 Å². The predicted molar refractivity (Wildman–Crippen MR) is 138 cm³/mol. The zero-order chi connectivity index (χ0) is 25.2. The third kappa shape index (κ3) is 4.59. The molecular formula is C30H28O6. The first-order valence-corrected chi connectivity index (χ1v) is 12.2. The molecule has 0 unspecified atom stereocenters. The van der Waals surface area contributed by atoms with Gasteiger partial charge in [-0.3, -0.25) is 4.79 Å². The minimum Gasteiger partial charge on any atom is -0.490 e. The van der Waals surface area contributed by atoms with Gasteiger partial charge in [-0.15, -0.1) is 0 Å². The Morgan fingerprint density at radius 1 is 0.944 bits per heavy atom. The fourth-order valence-corrected chi connectivity index (χ4v) is 4.44. The van der Waals surface area contributed by atoms with E-state index in [0.29, 0.717) is 70.3 Å². The highest BCUT2D eigenvalue weighted by Gasteiger charge is 2.20. The largest absolute Gasteiger partial charge is 0.490 e. The highest BCUT2D eigenvalue weighted by atomic mass is 16.5. The quantitative estimate of drug-likeness (QED) is 0.241. The van der Waals surface area contributed by atoms with Crippen molar-refractivity contribution < 1.29 is 23.4 Å². The molecule has 0 saturated carbocycles. The minimum absolute atomic E-state index is 0.142. The first-order chi connectivity index (χ1) is 17.4. The monoisotopic (exact) mass is 484 g/mol. The highest BCUT2D eigenvalue weighted by Crippen LogP contribution is 2.36. The van der Waals surface area contributed by atoms with Gasteiger partial charge in [0.15, 0.2) is 11.5 Å². The second-order valence-electron chi connectivity index (χ2n) is 9.04. The van der Waals surface area contributed by atoms with Gasteiger partial charge in [-0.1, -0.05) is 37.1 Å². The first kappa shape index (κ1) is 23.7. The lowest BCUT2D eigenvalue weighted by molar-refractivity contribution is 0.0733. The van der Waals surface area contributed by atoms with Crippen molar-refractivity contribution in [3.63, 3.8) is 0 Å². The third-order valence-electron chi connectivity index (χ3n) is 6.29. The number of fused-ring (bicyclic) bond motifs is 2. The van der Waals surface area contributed by atoms with Crippen molar-refractivity contribution in [3.8, 4) is 28.4 Å². The van der Waals surface area contributed by atoms with E-state index in [0.717, 1.165) is 24.0 Å². The molecule has 36 heavy (non-hydrogen) atoms. The highest BCUT2D eigenvalue weighted by molar-refractivity contribution is 5.92. The lowest BCUT2D eigenvalue weighted by atomic mass is 9.99. The third-order valence-corrected chi connectivity index (χ3v) is 6.29. The van der Waals surface area contributed by atoms with Crippen LogP contribution in [-0.4, -0.2) is 19.2 Å². The maximum atomic E-state index is 13.7. The molecule has 4 aromatic rings. The summed E-state index contributed by atoms with van der Waals surface area (Å²) in [6.45, 7) is 6.92. The molecular weight excluding hydrogens is 456 g/mol. The molecule has 1 aromatic heterocycles. The average molecular weight is 485 g/mol. The van der Waals surface area contributed by atoms with Crippen LogP contribution in [0.5, 0.6) is 17.2 Å². The minimum atomic E-state index is -0.449. The van der Waals surface area contributed by atoms with E-state index in [1.165, 1.54) is 0 Å². The van der Waals surface area contributed by atoms with Crippen LogP contribution >= 0.6 is 0 Å². The second kappa shape index (κ2) is 9.90. The van der Waals surface area contributed by atoms with Crippen LogP contribution in [0.25, 0.3) is 22.1 Å². The molecule has 0 saturated heterocycles. The molecule has 1 aliphatic rings. The molecule has 0 aliphatic carbocycles. The van der Waals surface area contributed by atoms with E-state index < -0.39 is 5.97 Å². The lowest BCUT2D eigenvalue weighted by Gasteiger charge is -2.14. The summed E-state index contributed by atoms with van der Waals surface area (Å²) in [7, 11) is 0. The van der Waals surface area contributed by atoms with E-state index >= 15 is 0 Å². The van der Waals surface area contributed by atoms with Gasteiger partial charge in [0.2, 0.25) is 5.43 Å². The molecule has 0 radical (unpaired) electrons. The number of hydrogen-bond donors (Lipinski definition) is 0. The SMILES string of the molecule is CCCc1cc2c(=O)c(-c3ccc4c(c3)OCCCO4)c(C)oc2cc1OC(=O)c1ccc(C)cc1. The number of ether oxygens (including phenoxy) is 3. The van der Waals surface area contributed by atoms with E-state index in [1.54, 1.807) is 31.2 Å². The molecule has 6 heteroatoms. The van der Waals surface area contributed by atoms with Crippen LogP contribution in [0.4, 0.5) is 0 Å². The molecule has 0 N–H and O–H groups in total. The van der Waals surface area contributed by atoms with E-state index in [-0.39, 0.29) is 5.43 Å². The molecule has 3 aromatic carbocycles. The molecule has 0 atom stereocenters. The zero-order valence-corrected chi connectivity index (χ0v) is 20.7. The van der Waals surface area contributed by atoms with Crippen molar-refractivity contribution in [3.05, 3.63) is 87.3 Å². The van der Waals surface area contributed by atoms with Crippen molar-refractivity contribution in [2.75, 3.05) is 13.2 Å². The Balaban J connectivity index is 1.57. The van der Waals surface area contributed by atoms with Gasteiger partial charge < -0.3 is 18.6 Å². The number of benzene rings is 3. The van der Waals surface area contributed by atoms with Crippen LogP contribution in [0.2, 0.25) is 0 Å². The Morgan fingerprint density at radius 3 is 2.44 bits per heavy atom. The van der Waals surface area contributed by atoms with Crippen molar-refractivity contribution in [1.82, 2.24) is 0 Å². The van der Waals surface area contributed by atoms with E-state index in [1.807, 2.05) is 44.2 Å². The van der Waals surface area contributed by atoms with Crippen molar-refractivity contribution in [2.45, 2.75) is 40.0 Å². The number of hydrogen-bond acceptors (Lipinski definition) is 6. The maximum Gasteiger partial charge on any atom is 0.343 e. The van der Waals surface area contributed by atoms with Gasteiger partial charge in [0.05, 0.1) is 29.7 Å². The summed E-state index contributed by atoms with van der Waals surface area (Å²) in [5.41, 5.74) is 3.73. The van der Waals surface area contributed by atoms with Crippen LogP contribution < -0.4 is 19.6 Å². The fraction of sp³-hybridized carbons (Fsp3) is 0.267. The van der Waals surface area contributed by atoms with Crippen LogP contribution in [0.15, 0.2) is 63.8 Å². The Bertz CT molecular complexity index is 1500. The summed E-state index contributed by atoms with van der Waals surface area (Å²) < 4.78 is 23.4. The first-order valence-electron chi connectivity index (χ1n) is 12.2. The van der Waals surface area contributed by atoms with E-state index in [9.17, 15) is 9.59 Å². The van der Waals surface area contributed by atoms with Gasteiger partial charge in [-0.25, -0.2) is 4.79 Å². The molecule has 184 valence electrons. The summed E-state index contributed by atoms with van der Waals surface area (Å²) in [5, 5.41) is 0.446. The molecule has 5 rings (SSSR count). The summed E-state index contributed by atoms with van der Waals surface area (Å²) in [4.78, 5) is 26.5.